The van der Waals surface area contributed by atoms with E-state index in [0.29, 0.717) is 31.1 Å². The molecule has 1 amide bonds. The third kappa shape index (κ3) is 2.41. The molecule has 1 aromatic heterocycles. The summed E-state index contributed by atoms with van der Waals surface area (Å²) in [6, 6.07) is 9.67. The Morgan fingerprint density at radius 3 is 2.91 bits per heavy atom. The molecule has 1 atom stereocenters. The number of carbonyl (C=O) groups excluding carboxylic acids is 1. The van der Waals surface area contributed by atoms with Crippen LogP contribution in [0.1, 0.15) is 58.6 Å². The van der Waals surface area contributed by atoms with E-state index in [1.54, 1.807) is 4.90 Å². The summed E-state index contributed by atoms with van der Waals surface area (Å²) in [7, 11) is 0. The molecule has 114 valence electrons. The maximum Gasteiger partial charge on any atom is 0.274 e. The van der Waals surface area contributed by atoms with Gasteiger partial charge in [0.15, 0.2) is 0 Å². The number of H-pyrrole nitrogens is 1. The van der Waals surface area contributed by atoms with Gasteiger partial charge in [-0.1, -0.05) is 24.3 Å². The van der Waals surface area contributed by atoms with Crippen molar-refractivity contribution in [3.05, 3.63) is 52.8 Å². The maximum atomic E-state index is 12.7. The fraction of sp³-hybridized carbons (Fsp3) is 0.412. The molecular formula is C17H19N3O2. The molecule has 5 heteroatoms. The molecule has 22 heavy (non-hydrogen) atoms. The van der Waals surface area contributed by atoms with Crippen LogP contribution in [0.3, 0.4) is 0 Å². The standard InChI is InChI=1S/C17H19N3O2/c21-16-7-8-20(10-12-3-1-2-4-13(12)16)17(22)15-9-14(18-19-15)11-5-6-11/h1-4,9,11,16,21H,5-8,10H2,(H,18,19). The highest BCUT2D eigenvalue weighted by molar-refractivity contribution is 5.92. The molecule has 2 aromatic rings. The molecule has 0 bridgehead atoms. The molecule has 1 fully saturated rings. The number of aromatic nitrogens is 2. The van der Waals surface area contributed by atoms with Gasteiger partial charge in [-0.2, -0.15) is 5.10 Å². The summed E-state index contributed by atoms with van der Waals surface area (Å²) in [5.74, 6) is 0.493. The van der Waals surface area contributed by atoms with Gasteiger partial charge < -0.3 is 10.0 Å². The van der Waals surface area contributed by atoms with Crippen LogP contribution in [-0.2, 0) is 6.54 Å². The first kappa shape index (κ1) is 13.5. The van der Waals surface area contributed by atoms with Gasteiger partial charge >= 0.3 is 0 Å². The Bertz CT molecular complexity index is 705. The molecule has 0 radical (unpaired) electrons. The highest BCUT2D eigenvalue weighted by atomic mass is 16.3. The Labute approximate surface area is 129 Å². The number of hydrogen-bond donors (Lipinski definition) is 2. The molecule has 2 aliphatic rings. The summed E-state index contributed by atoms with van der Waals surface area (Å²) in [5.41, 5.74) is 3.49. The minimum absolute atomic E-state index is 0.0629. The first-order valence-electron chi connectivity index (χ1n) is 7.83. The van der Waals surface area contributed by atoms with E-state index in [1.165, 1.54) is 12.8 Å². The van der Waals surface area contributed by atoms with Gasteiger partial charge in [-0.05, 0) is 36.5 Å². The number of hydrogen-bond acceptors (Lipinski definition) is 3. The van der Waals surface area contributed by atoms with E-state index in [1.807, 2.05) is 30.3 Å². The number of aromatic amines is 1. The molecule has 1 aliphatic heterocycles. The van der Waals surface area contributed by atoms with Gasteiger partial charge in [-0.15, -0.1) is 0 Å². The van der Waals surface area contributed by atoms with Crippen molar-refractivity contribution in [3.63, 3.8) is 0 Å². The van der Waals surface area contributed by atoms with Gasteiger partial charge in [0, 0.05) is 24.7 Å². The zero-order chi connectivity index (χ0) is 15.1. The summed E-state index contributed by atoms with van der Waals surface area (Å²) in [4.78, 5) is 14.5. The van der Waals surface area contributed by atoms with Crippen molar-refractivity contribution < 1.29 is 9.90 Å². The molecule has 1 unspecified atom stereocenters. The molecule has 1 saturated carbocycles. The first-order chi connectivity index (χ1) is 10.7. The normalized spacial score (nSPS) is 21.3. The molecule has 1 aromatic carbocycles. The van der Waals surface area contributed by atoms with Crippen molar-refractivity contribution in [3.8, 4) is 0 Å². The molecule has 1 aliphatic carbocycles. The molecule has 2 N–H and O–H groups in total. The van der Waals surface area contributed by atoms with Crippen LogP contribution >= 0.6 is 0 Å². The number of fused-ring (bicyclic) bond motifs is 1. The fourth-order valence-electron chi connectivity index (χ4n) is 3.11. The van der Waals surface area contributed by atoms with Crippen LogP contribution < -0.4 is 0 Å². The summed E-state index contributed by atoms with van der Waals surface area (Å²) in [6.45, 7) is 1.07. The average Bonchev–Trinajstić information content (AvgIpc) is 3.30. The van der Waals surface area contributed by atoms with Gasteiger partial charge in [-0.25, -0.2) is 0 Å². The van der Waals surface area contributed by atoms with Crippen molar-refractivity contribution in [2.45, 2.75) is 37.8 Å². The van der Waals surface area contributed by atoms with Crippen molar-refractivity contribution >= 4 is 5.91 Å². The van der Waals surface area contributed by atoms with Crippen molar-refractivity contribution in [2.75, 3.05) is 6.54 Å². The number of aliphatic hydroxyl groups excluding tert-OH is 1. The Morgan fingerprint density at radius 1 is 1.27 bits per heavy atom. The highest BCUT2D eigenvalue weighted by Crippen LogP contribution is 2.39. The predicted molar refractivity (Wildman–Crippen MR) is 81.3 cm³/mol. The lowest BCUT2D eigenvalue weighted by Crippen LogP contribution is -2.31. The van der Waals surface area contributed by atoms with Crippen LogP contribution in [-0.4, -0.2) is 32.7 Å². The molecule has 0 saturated heterocycles. The first-order valence-corrected chi connectivity index (χ1v) is 7.83. The van der Waals surface area contributed by atoms with Crippen LogP contribution in [0, 0.1) is 0 Å². The van der Waals surface area contributed by atoms with Crippen LogP contribution in [0.5, 0.6) is 0 Å². The summed E-state index contributed by atoms with van der Waals surface area (Å²) >= 11 is 0. The summed E-state index contributed by atoms with van der Waals surface area (Å²) in [5, 5.41) is 17.4. The van der Waals surface area contributed by atoms with Crippen molar-refractivity contribution in [1.82, 2.24) is 15.1 Å². The lowest BCUT2D eigenvalue weighted by atomic mass is 10.0. The van der Waals surface area contributed by atoms with Gasteiger partial charge in [0.25, 0.3) is 5.91 Å². The van der Waals surface area contributed by atoms with Gasteiger partial charge in [0.2, 0.25) is 0 Å². The van der Waals surface area contributed by atoms with Gasteiger partial charge in [-0.3, -0.25) is 9.89 Å². The van der Waals surface area contributed by atoms with Crippen LogP contribution in [0.25, 0.3) is 0 Å². The van der Waals surface area contributed by atoms with E-state index < -0.39 is 6.10 Å². The van der Waals surface area contributed by atoms with Crippen molar-refractivity contribution in [1.29, 1.82) is 0 Å². The Balaban J connectivity index is 1.58. The van der Waals surface area contributed by atoms with E-state index >= 15 is 0 Å². The fourth-order valence-corrected chi connectivity index (χ4v) is 3.11. The minimum atomic E-state index is -0.504. The molecule has 0 spiro atoms. The van der Waals surface area contributed by atoms with Crippen LogP contribution in [0.2, 0.25) is 0 Å². The number of nitrogens with zero attached hydrogens (tertiary/aromatic N) is 2. The SMILES string of the molecule is O=C(c1cc(C2CC2)[nH]n1)N1CCC(O)c2ccccc2C1. The lowest BCUT2D eigenvalue weighted by Gasteiger charge is -2.19. The third-order valence-corrected chi connectivity index (χ3v) is 4.57. The molecule has 4 rings (SSSR count). The summed E-state index contributed by atoms with van der Waals surface area (Å²) < 4.78 is 0. The highest BCUT2D eigenvalue weighted by Gasteiger charge is 2.29. The Hall–Kier alpha value is -2.14. The molecular weight excluding hydrogens is 278 g/mol. The van der Waals surface area contributed by atoms with Crippen molar-refractivity contribution in [2.24, 2.45) is 0 Å². The quantitative estimate of drug-likeness (QED) is 0.894. The lowest BCUT2D eigenvalue weighted by molar-refractivity contribution is 0.0717. The number of rotatable bonds is 2. The second kappa shape index (κ2) is 5.25. The second-order valence-electron chi connectivity index (χ2n) is 6.21. The van der Waals surface area contributed by atoms with E-state index in [9.17, 15) is 9.90 Å². The second-order valence-corrected chi connectivity index (χ2v) is 6.21. The van der Waals surface area contributed by atoms with Gasteiger partial charge in [0.05, 0.1) is 6.10 Å². The smallest absolute Gasteiger partial charge is 0.274 e. The maximum absolute atomic E-state index is 12.7. The van der Waals surface area contributed by atoms with Gasteiger partial charge in [0.1, 0.15) is 5.69 Å². The van der Waals surface area contributed by atoms with Crippen LogP contribution in [0.15, 0.2) is 30.3 Å². The Kier molecular flexibility index (Phi) is 3.22. The topological polar surface area (TPSA) is 69.2 Å². The van der Waals surface area contributed by atoms with E-state index in [2.05, 4.69) is 10.2 Å². The van der Waals surface area contributed by atoms with E-state index in [0.717, 1.165) is 16.8 Å². The number of nitrogens with one attached hydrogen (secondary N) is 1. The predicted octanol–water partition coefficient (Wildman–Crippen LogP) is 2.37. The van der Waals surface area contributed by atoms with E-state index in [-0.39, 0.29) is 5.91 Å². The largest absolute Gasteiger partial charge is 0.388 e. The number of benzene rings is 1. The number of aliphatic hydroxyl groups is 1. The zero-order valence-corrected chi connectivity index (χ0v) is 12.3. The molecule has 2 heterocycles. The Morgan fingerprint density at radius 2 is 2.09 bits per heavy atom. The molecule has 5 nitrogen and oxygen atoms in total. The summed E-state index contributed by atoms with van der Waals surface area (Å²) in [6.07, 6.45) is 2.41. The zero-order valence-electron chi connectivity index (χ0n) is 12.3. The third-order valence-electron chi connectivity index (χ3n) is 4.57. The number of carbonyl (C=O) groups is 1. The minimum Gasteiger partial charge on any atom is -0.388 e. The monoisotopic (exact) mass is 297 g/mol. The van der Waals surface area contributed by atoms with Crippen LogP contribution in [0.4, 0.5) is 0 Å². The average molecular weight is 297 g/mol. The van der Waals surface area contributed by atoms with E-state index in [4.69, 9.17) is 0 Å². The number of amides is 1.